The predicted octanol–water partition coefficient (Wildman–Crippen LogP) is 4.69. The first-order valence-corrected chi connectivity index (χ1v) is 8.99. The molecule has 0 aliphatic carbocycles. The lowest BCUT2D eigenvalue weighted by atomic mass is 9.94. The molecule has 0 spiro atoms. The number of anilines is 1. The summed E-state index contributed by atoms with van der Waals surface area (Å²) in [6, 6.07) is 20.9. The van der Waals surface area contributed by atoms with Gasteiger partial charge < -0.3 is 4.90 Å². The highest BCUT2D eigenvalue weighted by Gasteiger charge is 2.38. The molecule has 2 aromatic carbocycles. The summed E-state index contributed by atoms with van der Waals surface area (Å²) < 4.78 is 14.9. The van der Waals surface area contributed by atoms with Gasteiger partial charge in [0.2, 0.25) is 0 Å². The number of alkyl halides is 1. The number of piperazine rings is 1. The average molecular weight is 326 g/mol. The fourth-order valence-electron chi connectivity index (χ4n) is 3.72. The van der Waals surface area contributed by atoms with Crippen molar-refractivity contribution >= 4 is 5.69 Å². The number of hydrogen-bond donors (Lipinski definition) is 0. The van der Waals surface area contributed by atoms with Gasteiger partial charge in [-0.05, 0) is 30.7 Å². The minimum Gasteiger partial charge on any atom is -0.356 e. The summed E-state index contributed by atoms with van der Waals surface area (Å²) in [5.41, 5.74) is 2.37. The molecule has 1 fully saturated rings. The van der Waals surface area contributed by atoms with Gasteiger partial charge >= 0.3 is 0 Å². The summed E-state index contributed by atoms with van der Waals surface area (Å²) in [7, 11) is 0. The van der Waals surface area contributed by atoms with E-state index in [1.165, 1.54) is 5.56 Å². The van der Waals surface area contributed by atoms with Gasteiger partial charge in [0, 0.05) is 18.8 Å². The van der Waals surface area contributed by atoms with Crippen LogP contribution in [0, 0.1) is 0 Å². The highest BCUT2D eigenvalue weighted by molar-refractivity contribution is 5.51. The summed E-state index contributed by atoms with van der Waals surface area (Å²) in [6.07, 6.45) is -0.279. The molecule has 3 unspecified atom stereocenters. The Morgan fingerprint density at radius 2 is 1.58 bits per heavy atom. The lowest BCUT2D eigenvalue weighted by Crippen LogP contribution is -2.58. The Morgan fingerprint density at radius 3 is 2.17 bits per heavy atom. The molecule has 1 aliphatic rings. The summed E-state index contributed by atoms with van der Waals surface area (Å²) in [5.74, 6) is 0. The Morgan fingerprint density at radius 1 is 0.958 bits per heavy atom. The van der Waals surface area contributed by atoms with Crippen LogP contribution in [0.4, 0.5) is 10.1 Å². The smallest absolute Gasteiger partial charge is 0.121 e. The first-order chi connectivity index (χ1) is 11.7. The lowest BCUT2D eigenvalue weighted by Gasteiger charge is -2.49. The molecule has 3 rings (SSSR count). The van der Waals surface area contributed by atoms with Crippen LogP contribution in [0.1, 0.15) is 31.9 Å². The topological polar surface area (TPSA) is 6.48 Å². The second-order valence-corrected chi connectivity index (χ2v) is 6.51. The molecular formula is C21H27FN2. The summed E-state index contributed by atoms with van der Waals surface area (Å²) in [4.78, 5) is 4.69. The minimum absolute atomic E-state index is 0.115. The van der Waals surface area contributed by atoms with Gasteiger partial charge in [0.05, 0.1) is 12.1 Å². The van der Waals surface area contributed by atoms with Crippen molar-refractivity contribution in [3.05, 3.63) is 66.2 Å². The number of benzene rings is 2. The molecule has 0 radical (unpaired) electrons. The monoisotopic (exact) mass is 326 g/mol. The summed E-state index contributed by atoms with van der Waals surface area (Å²) in [6.45, 7) is 6.78. The molecule has 0 bridgehead atoms. The van der Waals surface area contributed by atoms with Crippen LogP contribution in [0.5, 0.6) is 0 Å². The molecule has 0 N–H and O–H groups in total. The zero-order valence-electron chi connectivity index (χ0n) is 14.6. The first-order valence-electron chi connectivity index (χ1n) is 8.99. The Labute approximate surface area is 144 Å². The van der Waals surface area contributed by atoms with E-state index in [1.807, 2.05) is 31.2 Å². The van der Waals surface area contributed by atoms with Crippen LogP contribution in [-0.4, -0.2) is 36.7 Å². The zero-order valence-corrected chi connectivity index (χ0v) is 14.6. The minimum atomic E-state index is -0.828. The zero-order chi connectivity index (χ0) is 16.9. The third-order valence-electron chi connectivity index (χ3n) is 5.06. The van der Waals surface area contributed by atoms with Gasteiger partial charge in [-0.3, -0.25) is 4.90 Å². The molecule has 0 aromatic heterocycles. The van der Waals surface area contributed by atoms with Gasteiger partial charge in [-0.2, -0.15) is 0 Å². The second-order valence-electron chi connectivity index (χ2n) is 6.51. The molecule has 3 heteroatoms. The van der Waals surface area contributed by atoms with Gasteiger partial charge in [0.1, 0.15) is 6.17 Å². The molecule has 2 aromatic rings. The normalized spacial score (nSPS) is 23.2. The Bertz CT molecular complexity index is 614. The lowest BCUT2D eigenvalue weighted by molar-refractivity contribution is 0.140. The van der Waals surface area contributed by atoms with Crippen LogP contribution < -0.4 is 4.90 Å². The molecule has 1 heterocycles. The van der Waals surface area contributed by atoms with Gasteiger partial charge in [0.25, 0.3) is 0 Å². The SMILES string of the molecule is CCC(F)C1CN(CC)CC(c2ccccc2)N1c1ccccc1. The van der Waals surface area contributed by atoms with Gasteiger partial charge in [-0.25, -0.2) is 4.39 Å². The van der Waals surface area contributed by atoms with Crippen molar-refractivity contribution in [1.29, 1.82) is 0 Å². The second kappa shape index (κ2) is 7.80. The maximum absolute atomic E-state index is 14.9. The van der Waals surface area contributed by atoms with Crippen molar-refractivity contribution in [2.75, 3.05) is 24.5 Å². The van der Waals surface area contributed by atoms with Crippen molar-refractivity contribution in [2.24, 2.45) is 0 Å². The highest BCUT2D eigenvalue weighted by Crippen LogP contribution is 2.35. The maximum Gasteiger partial charge on any atom is 0.121 e. The standard InChI is InChI=1S/C21H27FN2/c1-3-19(22)21-16-23(4-2)15-20(17-11-7-5-8-12-17)24(21)18-13-9-6-10-14-18/h5-14,19-21H,3-4,15-16H2,1-2H3. The van der Waals surface area contributed by atoms with Gasteiger partial charge in [0.15, 0.2) is 0 Å². The molecule has 128 valence electrons. The van der Waals surface area contributed by atoms with Crippen molar-refractivity contribution in [1.82, 2.24) is 4.90 Å². The molecular weight excluding hydrogens is 299 g/mol. The van der Waals surface area contributed by atoms with E-state index in [4.69, 9.17) is 0 Å². The number of likely N-dealkylation sites (N-methyl/N-ethyl adjacent to an activating group) is 1. The van der Waals surface area contributed by atoms with Crippen LogP contribution in [0.15, 0.2) is 60.7 Å². The van der Waals surface area contributed by atoms with E-state index >= 15 is 0 Å². The number of nitrogens with zero attached hydrogens (tertiary/aromatic N) is 2. The van der Waals surface area contributed by atoms with Gasteiger partial charge in [-0.15, -0.1) is 0 Å². The van der Waals surface area contributed by atoms with Crippen LogP contribution >= 0.6 is 0 Å². The fourth-order valence-corrected chi connectivity index (χ4v) is 3.72. The van der Waals surface area contributed by atoms with Crippen molar-refractivity contribution in [2.45, 2.75) is 38.5 Å². The summed E-state index contributed by atoms with van der Waals surface area (Å²) in [5, 5.41) is 0. The van der Waals surface area contributed by atoms with Crippen LogP contribution in [0.2, 0.25) is 0 Å². The van der Waals surface area contributed by atoms with Crippen LogP contribution in [0.3, 0.4) is 0 Å². The molecule has 1 saturated heterocycles. The van der Waals surface area contributed by atoms with Crippen LogP contribution in [0.25, 0.3) is 0 Å². The third-order valence-corrected chi connectivity index (χ3v) is 5.06. The largest absolute Gasteiger partial charge is 0.356 e. The van der Waals surface area contributed by atoms with Crippen molar-refractivity contribution in [3.8, 4) is 0 Å². The van der Waals surface area contributed by atoms with E-state index in [0.29, 0.717) is 6.42 Å². The summed E-state index contributed by atoms with van der Waals surface area (Å²) >= 11 is 0. The number of halogens is 1. The quantitative estimate of drug-likeness (QED) is 0.787. The number of hydrogen-bond acceptors (Lipinski definition) is 2. The number of para-hydroxylation sites is 1. The Hall–Kier alpha value is -1.87. The molecule has 0 amide bonds. The predicted molar refractivity (Wildman–Crippen MR) is 99.2 cm³/mol. The highest BCUT2D eigenvalue weighted by atomic mass is 19.1. The number of rotatable bonds is 5. The van der Waals surface area contributed by atoms with Crippen LogP contribution in [-0.2, 0) is 0 Å². The average Bonchev–Trinajstić information content (AvgIpc) is 2.67. The van der Waals surface area contributed by atoms with E-state index < -0.39 is 6.17 Å². The first kappa shape index (κ1) is 17.0. The Balaban J connectivity index is 2.04. The molecule has 1 aliphatic heterocycles. The third kappa shape index (κ3) is 3.46. The molecule has 24 heavy (non-hydrogen) atoms. The van der Waals surface area contributed by atoms with Crippen molar-refractivity contribution in [3.63, 3.8) is 0 Å². The van der Waals surface area contributed by atoms with E-state index in [1.54, 1.807) is 0 Å². The molecule has 2 nitrogen and oxygen atoms in total. The van der Waals surface area contributed by atoms with E-state index in [2.05, 4.69) is 53.1 Å². The van der Waals surface area contributed by atoms with E-state index in [9.17, 15) is 4.39 Å². The van der Waals surface area contributed by atoms with E-state index in [0.717, 1.165) is 25.3 Å². The fraction of sp³-hybridized carbons (Fsp3) is 0.429. The van der Waals surface area contributed by atoms with Crippen molar-refractivity contribution < 1.29 is 4.39 Å². The molecule has 3 atom stereocenters. The Kier molecular flexibility index (Phi) is 5.52. The van der Waals surface area contributed by atoms with E-state index in [-0.39, 0.29) is 12.1 Å². The maximum atomic E-state index is 14.9. The molecule has 0 saturated carbocycles. The van der Waals surface area contributed by atoms with Gasteiger partial charge in [-0.1, -0.05) is 62.4 Å².